The molecule has 2 aromatic carbocycles. The standard InChI is InChI=1S/C20H25N3O3/c1-2-23(16-9-4-3-5-10-16)14-8-13-22-20(25)17-11-6-7-12-18(17)26-15-19(21)24/h3-7,9-12H,2,8,13-15H2,1H3,(H2,21,24)(H,22,25). The number of nitrogens with two attached hydrogens (primary N) is 1. The van der Waals surface area contributed by atoms with Crippen molar-refractivity contribution in [3.05, 3.63) is 60.2 Å². The van der Waals surface area contributed by atoms with Crippen LogP contribution in [0.1, 0.15) is 23.7 Å². The first-order valence-electron chi connectivity index (χ1n) is 8.70. The van der Waals surface area contributed by atoms with Crippen LogP contribution in [-0.4, -0.2) is 38.1 Å². The molecule has 3 N–H and O–H groups in total. The SMILES string of the molecule is CCN(CCCNC(=O)c1ccccc1OCC(N)=O)c1ccccc1. The van der Waals surface area contributed by atoms with Crippen LogP contribution in [-0.2, 0) is 4.79 Å². The van der Waals surface area contributed by atoms with Crippen LogP contribution in [0.25, 0.3) is 0 Å². The highest BCUT2D eigenvalue weighted by atomic mass is 16.5. The monoisotopic (exact) mass is 355 g/mol. The third-order valence-electron chi connectivity index (χ3n) is 3.90. The normalized spacial score (nSPS) is 10.2. The number of carbonyl (C=O) groups is 2. The van der Waals surface area contributed by atoms with Crippen molar-refractivity contribution >= 4 is 17.5 Å². The van der Waals surface area contributed by atoms with E-state index in [0.717, 1.165) is 19.5 Å². The van der Waals surface area contributed by atoms with Crippen LogP contribution in [0.4, 0.5) is 5.69 Å². The van der Waals surface area contributed by atoms with E-state index in [2.05, 4.69) is 29.3 Å². The van der Waals surface area contributed by atoms with Gasteiger partial charge in [-0.1, -0.05) is 30.3 Å². The number of nitrogens with zero attached hydrogens (tertiary/aromatic N) is 1. The number of nitrogens with one attached hydrogen (secondary N) is 1. The smallest absolute Gasteiger partial charge is 0.255 e. The van der Waals surface area contributed by atoms with Crippen LogP contribution in [0.2, 0.25) is 0 Å². The van der Waals surface area contributed by atoms with Gasteiger partial charge in [0.2, 0.25) is 0 Å². The lowest BCUT2D eigenvalue weighted by molar-refractivity contribution is -0.119. The fourth-order valence-electron chi connectivity index (χ4n) is 2.60. The second-order valence-electron chi connectivity index (χ2n) is 5.78. The van der Waals surface area contributed by atoms with Crippen molar-refractivity contribution in [3.8, 4) is 5.75 Å². The Balaban J connectivity index is 1.84. The van der Waals surface area contributed by atoms with Gasteiger partial charge in [0.25, 0.3) is 11.8 Å². The van der Waals surface area contributed by atoms with E-state index in [1.54, 1.807) is 24.3 Å². The minimum absolute atomic E-state index is 0.229. The van der Waals surface area contributed by atoms with Crippen LogP contribution in [0.3, 0.4) is 0 Å². The van der Waals surface area contributed by atoms with Gasteiger partial charge in [-0.2, -0.15) is 0 Å². The molecule has 2 rings (SSSR count). The number of benzene rings is 2. The van der Waals surface area contributed by atoms with Crippen LogP contribution in [0.5, 0.6) is 5.75 Å². The van der Waals surface area contributed by atoms with E-state index in [1.807, 2.05) is 18.2 Å². The average molecular weight is 355 g/mol. The zero-order chi connectivity index (χ0) is 18.8. The fourth-order valence-corrected chi connectivity index (χ4v) is 2.60. The molecule has 0 unspecified atom stereocenters. The summed E-state index contributed by atoms with van der Waals surface area (Å²) in [5, 5.41) is 2.90. The van der Waals surface area contributed by atoms with Gasteiger partial charge in [0.15, 0.2) is 6.61 Å². The maximum atomic E-state index is 12.4. The van der Waals surface area contributed by atoms with Gasteiger partial charge in [-0.15, -0.1) is 0 Å². The van der Waals surface area contributed by atoms with Crippen LogP contribution in [0, 0.1) is 0 Å². The molecule has 2 amide bonds. The average Bonchev–Trinajstić information content (AvgIpc) is 2.67. The van der Waals surface area contributed by atoms with Crippen molar-refractivity contribution in [1.29, 1.82) is 0 Å². The zero-order valence-electron chi connectivity index (χ0n) is 15.0. The summed E-state index contributed by atoms with van der Waals surface area (Å²) in [5.41, 5.74) is 6.65. The van der Waals surface area contributed by atoms with Crippen LogP contribution < -0.4 is 20.7 Å². The first kappa shape index (κ1) is 19.3. The molecule has 0 saturated carbocycles. The lowest BCUT2D eigenvalue weighted by atomic mass is 10.2. The van der Waals surface area contributed by atoms with E-state index in [1.165, 1.54) is 5.69 Å². The van der Waals surface area contributed by atoms with Gasteiger partial charge in [0, 0.05) is 25.3 Å². The molecule has 0 aliphatic rings. The fraction of sp³-hybridized carbons (Fsp3) is 0.300. The Kier molecular flexibility index (Phi) is 7.49. The number of amides is 2. The number of hydrogen-bond donors (Lipinski definition) is 2. The molecular formula is C20H25N3O3. The number of para-hydroxylation sites is 2. The molecule has 0 aliphatic carbocycles. The first-order chi connectivity index (χ1) is 12.6. The van der Waals surface area contributed by atoms with Gasteiger partial charge in [0.05, 0.1) is 5.56 Å². The third-order valence-corrected chi connectivity index (χ3v) is 3.90. The van der Waals surface area contributed by atoms with E-state index < -0.39 is 5.91 Å². The van der Waals surface area contributed by atoms with Gasteiger partial charge >= 0.3 is 0 Å². The molecule has 0 saturated heterocycles. The van der Waals surface area contributed by atoms with Crippen molar-refractivity contribution in [2.24, 2.45) is 5.73 Å². The summed E-state index contributed by atoms with van der Waals surface area (Å²) in [4.78, 5) is 25.5. The highest BCUT2D eigenvalue weighted by molar-refractivity contribution is 5.97. The number of anilines is 1. The minimum atomic E-state index is -0.583. The van der Waals surface area contributed by atoms with Crippen molar-refractivity contribution in [2.45, 2.75) is 13.3 Å². The molecule has 0 aromatic heterocycles. The Bertz CT molecular complexity index is 719. The Labute approximate surface area is 153 Å². The molecule has 138 valence electrons. The maximum absolute atomic E-state index is 12.4. The third kappa shape index (κ3) is 5.81. The Morgan fingerprint density at radius 3 is 2.46 bits per heavy atom. The van der Waals surface area contributed by atoms with Crippen LogP contribution in [0.15, 0.2) is 54.6 Å². The number of hydrogen-bond acceptors (Lipinski definition) is 4. The van der Waals surface area contributed by atoms with Crippen molar-refractivity contribution < 1.29 is 14.3 Å². The predicted molar refractivity (Wildman–Crippen MR) is 102 cm³/mol. The van der Waals surface area contributed by atoms with Gasteiger partial charge in [-0.05, 0) is 37.6 Å². The lowest BCUT2D eigenvalue weighted by Crippen LogP contribution is -2.30. The Morgan fingerprint density at radius 2 is 1.77 bits per heavy atom. The zero-order valence-corrected chi connectivity index (χ0v) is 15.0. The summed E-state index contributed by atoms with van der Waals surface area (Å²) in [6.07, 6.45) is 0.818. The predicted octanol–water partition coefficient (Wildman–Crippen LogP) is 2.20. The summed E-state index contributed by atoms with van der Waals surface area (Å²) in [6.45, 7) is 4.15. The second kappa shape index (κ2) is 10.1. The molecule has 0 atom stereocenters. The second-order valence-corrected chi connectivity index (χ2v) is 5.78. The van der Waals surface area contributed by atoms with E-state index in [0.29, 0.717) is 17.9 Å². The number of ether oxygens (including phenoxy) is 1. The quantitative estimate of drug-likeness (QED) is 0.640. The highest BCUT2D eigenvalue weighted by Crippen LogP contribution is 2.17. The molecule has 0 heterocycles. The molecule has 6 nitrogen and oxygen atoms in total. The van der Waals surface area contributed by atoms with Gasteiger partial charge in [-0.25, -0.2) is 0 Å². The molecule has 0 aliphatic heterocycles. The van der Waals surface area contributed by atoms with E-state index in [9.17, 15) is 9.59 Å². The molecule has 26 heavy (non-hydrogen) atoms. The molecular weight excluding hydrogens is 330 g/mol. The molecule has 0 radical (unpaired) electrons. The molecule has 6 heteroatoms. The Hall–Kier alpha value is -3.02. The Morgan fingerprint density at radius 1 is 1.08 bits per heavy atom. The first-order valence-corrected chi connectivity index (χ1v) is 8.70. The van der Waals surface area contributed by atoms with E-state index in [-0.39, 0.29) is 12.5 Å². The maximum Gasteiger partial charge on any atom is 0.255 e. The molecule has 0 fully saturated rings. The number of rotatable bonds is 10. The van der Waals surface area contributed by atoms with E-state index >= 15 is 0 Å². The van der Waals surface area contributed by atoms with Gasteiger partial charge in [0.1, 0.15) is 5.75 Å². The molecule has 0 spiro atoms. The highest BCUT2D eigenvalue weighted by Gasteiger charge is 2.12. The van der Waals surface area contributed by atoms with Crippen molar-refractivity contribution in [3.63, 3.8) is 0 Å². The van der Waals surface area contributed by atoms with Gasteiger partial charge < -0.3 is 20.7 Å². The summed E-state index contributed by atoms with van der Waals surface area (Å²) in [6, 6.07) is 17.0. The molecule has 0 bridgehead atoms. The lowest BCUT2D eigenvalue weighted by Gasteiger charge is -2.23. The summed E-state index contributed by atoms with van der Waals surface area (Å²) in [7, 11) is 0. The van der Waals surface area contributed by atoms with Crippen molar-refractivity contribution in [2.75, 3.05) is 31.1 Å². The number of carbonyl (C=O) groups excluding carboxylic acids is 2. The topological polar surface area (TPSA) is 84.7 Å². The van der Waals surface area contributed by atoms with Crippen LogP contribution >= 0.6 is 0 Å². The van der Waals surface area contributed by atoms with Gasteiger partial charge in [-0.3, -0.25) is 9.59 Å². The van der Waals surface area contributed by atoms with Crippen molar-refractivity contribution in [1.82, 2.24) is 5.32 Å². The molecule has 2 aromatic rings. The summed E-state index contributed by atoms with van der Waals surface area (Å²) < 4.78 is 5.30. The minimum Gasteiger partial charge on any atom is -0.483 e. The van der Waals surface area contributed by atoms with E-state index in [4.69, 9.17) is 10.5 Å². The number of primary amides is 1. The summed E-state index contributed by atoms with van der Waals surface area (Å²) >= 11 is 0. The summed E-state index contributed by atoms with van der Waals surface area (Å²) in [5.74, 6) is -0.461. The largest absolute Gasteiger partial charge is 0.483 e.